The Balaban J connectivity index is 1.47. The summed E-state index contributed by atoms with van der Waals surface area (Å²) in [5, 5.41) is 16.3. The molecule has 1 aliphatic carbocycles. The summed E-state index contributed by atoms with van der Waals surface area (Å²) in [4.78, 5) is 27.6. The fourth-order valence-electron chi connectivity index (χ4n) is 3.19. The van der Waals surface area contributed by atoms with Gasteiger partial charge in [0.05, 0.1) is 0 Å². The van der Waals surface area contributed by atoms with Gasteiger partial charge in [0.15, 0.2) is 5.82 Å². The van der Waals surface area contributed by atoms with E-state index in [1.807, 2.05) is 0 Å². The zero-order valence-corrected chi connectivity index (χ0v) is 11.7. The number of nitrogens with one attached hydrogen (secondary N) is 3. The van der Waals surface area contributed by atoms with Crippen molar-refractivity contribution >= 4 is 23.4 Å². The quantitative estimate of drug-likeness (QED) is 0.676. The lowest BCUT2D eigenvalue weighted by Crippen LogP contribution is -2.51. The summed E-state index contributed by atoms with van der Waals surface area (Å²) in [7, 11) is 0. The number of hydrogen-bond donors (Lipinski definition) is 3. The lowest BCUT2D eigenvalue weighted by Gasteiger charge is -2.35. The van der Waals surface area contributed by atoms with Gasteiger partial charge in [0.1, 0.15) is 11.9 Å². The normalized spacial score (nSPS) is 27.9. The second-order valence-corrected chi connectivity index (χ2v) is 5.75. The number of anilines is 1. The van der Waals surface area contributed by atoms with Crippen molar-refractivity contribution in [2.45, 2.75) is 37.3 Å². The molecule has 2 aromatic rings. The molecule has 1 saturated carbocycles. The van der Waals surface area contributed by atoms with Crippen molar-refractivity contribution in [2.24, 2.45) is 0 Å². The Hall–Kier alpha value is -2.71. The minimum Gasteiger partial charge on any atom is -0.364 e. The SMILES string of the molecule is O=C1NC(=O)C2(CCC(Nc3nccn4cnnc34)CC2)N1. The number of carbonyl (C=O) groups excluding carboxylic acids is 2. The minimum absolute atomic E-state index is 0.186. The summed E-state index contributed by atoms with van der Waals surface area (Å²) in [5.41, 5.74) is -0.0569. The molecule has 3 amide bonds. The lowest BCUT2D eigenvalue weighted by molar-refractivity contribution is -0.125. The summed E-state index contributed by atoms with van der Waals surface area (Å²) < 4.78 is 1.80. The van der Waals surface area contributed by atoms with Gasteiger partial charge in [0, 0.05) is 18.4 Å². The summed E-state index contributed by atoms with van der Waals surface area (Å²) >= 11 is 0. The van der Waals surface area contributed by atoms with E-state index in [0.29, 0.717) is 24.3 Å². The highest BCUT2D eigenvalue weighted by Gasteiger charge is 2.48. The van der Waals surface area contributed by atoms with Crippen LogP contribution in [0.4, 0.5) is 10.6 Å². The Labute approximate surface area is 125 Å². The van der Waals surface area contributed by atoms with Gasteiger partial charge in [-0.2, -0.15) is 0 Å². The first-order chi connectivity index (χ1) is 10.7. The first-order valence-electron chi connectivity index (χ1n) is 7.21. The van der Waals surface area contributed by atoms with Crippen molar-refractivity contribution < 1.29 is 9.59 Å². The number of rotatable bonds is 2. The van der Waals surface area contributed by atoms with Crippen LogP contribution in [0.5, 0.6) is 0 Å². The third-order valence-corrected chi connectivity index (χ3v) is 4.41. The Kier molecular flexibility index (Phi) is 2.75. The summed E-state index contributed by atoms with van der Waals surface area (Å²) in [6.45, 7) is 0. The molecule has 114 valence electrons. The number of nitrogens with zero attached hydrogens (tertiary/aromatic N) is 4. The number of aromatic nitrogens is 4. The number of amides is 3. The predicted octanol–water partition coefficient (Wildman–Crippen LogP) is 0.0570. The van der Waals surface area contributed by atoms with Gasteiger partial charge < -0.3 is 10.6 Å². The van der Waals surface area contributed by atoms with Crippen LogP contribution < -0.4 is 16.0 Å². The third-order valence-electron chi connectivity index (χ3n) is 4.41. The van der Waals surface area contributed by atoms with E-state index in [0.717, 1.165) is 12.8 Å². The molecule has 1 aliphatic heterocycles. The first kappa shape index (κ1) is 13.0. The van der Waals surface area contributed by atoms with Gasteiger partial charge in [-0.15, -0.1) is 10.2 Å². The number of hydrogen-bond acceptors (Lipinski definition) is 6. The van der Waals surface area contributed by atoms with E-state index in [1.165, 1.54) is 0 Å². The Morgan fingerprint density at radius 3 is 2.86 bits per heavy atom. The van der Waals surface area contributed by atoms with Gasteiger partial charge in [0.25, 0.3) is 5.91 Å². The van der Waals surface area contributed by atoms with Crippen LogP contribution in [-0.2, 0) is 4.79 Å². The van der Waals surface area contributed by atoms with Crippen LogP contribution in [0.3, 0.4) is 0 Å². The smallest absolute Gasteiger partial charge is 0.322 e. The largest absolute Gasteiger partial charge is 0.364 e. The van der Waals surface area contributed by atoms with Crippen molar-refractivity contribution in [1.82, 2.24) is 30.2 Å². The maximum absolute atomic E-state index is 11.9. The van der Waals surface area contributed by atoms with Crippen LogP contribution in [0.15, 0.2) is 18.7 Å². The van der Waals surface area contributed by atoms with Gasteiger partial charge in [0.2, 0.25) is 5.65 Å². The van der Waals surface area contributed by atoms with Crippen molar-refractivity contribution in [2.75, 3.05) is 5.32 Å². The van der Waals surface area contributed by atoms with E-state index < -0.39 is 11.6 Å². The second kappa shape index (κ2) is 4.65. The van der Waals surface area contributed by atoms with Crippen LogP contribution in [-0.4, -0.2) is 43.1 Å². The number of urea groups is 1. The van der Waals surface area contributed by atoms with Crippen LogP contribution in [0, 0.1) is 0 Å². The first-order valence-corrected chi connectivity index (χ1v) is 7.21. The number of fused-ring (bicyclic) bond motifs is 1. The molecule has 2 aliphatic rings. The molecular weight excluding hydrogens is 286 g/mol. The van der Waals surface area contributed by atoms with Crippen molar-refractivity contribution in [3.63, 3.8) is 0 Å². The van der Waals surface area contributed by atoms with Crippen molar-refractivity contribution in [3.8, 4) is 0 Å². The van der Waals surface area contributed by atoms with Gasteiger partial charge in [-0.3, -0.25) is 14.5 Å². The molecule has 0 radical (unpaired) electrons. The van der Waals surface area contributed by atoms with Crippen molar-refractivity contribution in [3.05, 3.63) is 18.7 Å². The monoisotopic (exact) mass is 301 g/mol. The van der Waals surface area contributed by atoms with E-state index in [2.05, 4.69) is 31.1 Å². The highest BCUT2D eigenvalue weighted by atomic mass is 16.2. The molecule has 3 N–H and O–H groups in total. The molecule has 1 spiro atoms. The topological polar surface area (TPSA) is 113 Å². The molecule has 9 heteroatoms. The molecule has 1 saturated heterocycles. The van der Waals surface area contributed by atoms with Gasteiger partial charge >= 0.3 is 6.03 Å². The molecule has 4 rings (SSSR count). The summed E-state index contributed by atoms with van der Waals surface area (Å²) in [5.74, 6) is 0.467. The average molecular weight is 301 g/mol. The zero-order valence-electron chi connectivity index (χ0n) is 11.7. The fraction of sp³-hybridized carbons (Fsp3) is 0.462. The van der Waals surface area contributed by atoms with Gasteiger partial charge in [-0.05, 0) is 25.7 Å². The third kappa shape index (κ3) is 1.97. The van der Waals surface area contributed by atoms with Crippen LogP contribution >= 0.6 is 0 Å². The summed E-state index contributed by atoms with van der Waals surface area (Å²) in [6, 6.07) is -0.211. The van der Waals surface area contributed by atoms with Gasteiger partial charge in [-0.1, -0.05) is 0 Å². The van der Waals surface area contributed by atoms with E-state index >= 15 is 0 Å². The molecular formula is C13H15N7O2. The molecule has 9 nitrogen and oxygen atoms in total. The standard InChI is InChI=1S/C13H15N7O2/c21-11-13(18-12(22)17-11)3-1-8(2-4-13)16-9-10-19-15-7-20(10)6-5-14-9/h5-8H,1-4H2,(H,14,16)(H2,17,18,21,22). The Bertz CT molecular complexity index is 748. The summed E-state index contributed by atoms with van der Waals surface area (Å²) in [6.07, 6.45) is 7.85. The highest BCUT2D eigenvalue weighted by Crippen LogP contribution is 2.32. The zero-order chi connectivity index (χ0) is 15.2. The Morgan fingerprint density at radius 1 is 1.32 bits per heavy atom. The lowest BCUT2D eigenvalue weighted by atomic mass is 9.79. The highest BCUT2D eigenvalue weighted by molar-refractivity contribution is 6.07. The molecule has 2 fully saturated rings. The molecule has 0 atom stereocenters. The maximum Gasteiger partial charge on any atom is 0.322 e. The molecule has 0 unspecified atom stereocenters. The maximum atomic E-state index is 11.9. The van der Waals surface area contributed by atoms with Gasteiger partial charge in [-0.25, -0.2) is 9.78 Å². The fourth-order valence-corrected chi connectivity index (χ4v) is 3.19. The van der Waals surface area contributed by atoms with Crippen LogP contribution in [0.25, 0.3) is 5.65 Å². The van der Waals surface area contributed by atoms with Crippen LogP contribution in [0.2, 0.25) is 0 Å². The van der Waals surface area contributed by atoms with Crippen LogP contribution in [0.1, 0.15) is 25.7 Å². The van der Waals surface area contributed by atoms with E-state index in [4.69, 9.17) is 0 Å². The van der Waals surface area contributed by atoms with E-state index in [1.54, 1.807) is 23.1 Å². The average Bonchev–Trinajstić information content (AvgIpc) is 3.08. The van der Waals surface area contributed by atoms with E-state index in [9.17, 15) is 9.59 Å². The molecule has 22 heavy (non-hydrogen) atoms. The Morgan fingerprint density at radius 2 is 2.14 bits per heavy atom. The number of carbonyl (C=O) groups is 2. The molecule has 3 heterocycles. The van der Waals surface area contributed by atoms with E-state index in [-0.39, 0.29) is 11.9 Å². The molecule has 0 aromatic carbocycles. The van der Waals surface area contributed by atoms with Crippen molar-refractivity contribution in [1.29, 1.82) is 0 Å². The second-order valence-electron chi connectivity index (χ2n) is 5.75. The molecule has 2 aromatic heterocycles. The molecule has 0 bridgehead atoms. The number of imide groups is 1. The predicted molar refractivity (Wildman–Crippen MR) is 76.1 cm³/mol. The minimum atomic E-state index is -0.733.